The Morgan fingerprint density at radius 1 is 1.59 bits per heavy atom. The summed E-state index contributed by atoms with van der Waals surface area (Å²) in [6.07, 6.45) is -2.80. The molecule has 7 heteroatoms. The van der Waals surface area contributed by atoms with Crippen LogP contribution in [0.5, 0.6) is 0 Å². The molecule has 0 saturated carbocycles. The van der Waals surface area contributed by atoms with Crippen molar-refractivity contribution < 1.29 is 18.3 Å². The highest BCUT2D eigenvalue weighted by Gasteiger charge is 2.21. The number of halogens is 4. The molecule has 0 aliphatic heterocycles. The molecule has 94 valence electrons. The Labute approximate surface area is 107 Å². The van der Waals surface area contributed by atoms with Crippen LogP contribution in [-0.4, -0.2) is 17.6 Å². The molecular formula is C10H9Cl2F2NO2. The molecule has 0 fully saturated rings. The maximum atomic E-state index is 12.5. The van der Waals surface area contributed by atoms with Crippen LogP contribution in [0, 0.1) is 0 Å². The lowest BCUT2D eigenvalue weighted by atomic mass is 10.2. The van der Waals surface area contributed by atoms with Crippen LogP contribution in [0.4, 0.5) is 8.78 Å². The number of carbonyl (C=O) groups excluding carboxylic acids is 1. The van der Waals surface area contributed by atoms with Crippen LogP contribution in [0.25, 0.3) is 0 Å². The van der Waals surface area contributed by atoms with Gasteiger partial charge in [0.15, 0.2) is 5.69 Å². The topological polar surface area (TPSA) is 39.2 Å². The van der Waals surface area contributed by atoms with E-state index in [1.165, 1.54) is 0 Å². The minimum atomic E-state index is -2.80. The van der Waals surface area contributed by atoms with Gasteiger partial charge in [0, 0.05) is 5.88 Å². The first-order chi connectivity index (χ1) is 8.01. The van der Waals surface area contributed by atoms with Gasteiger partial charge in [-0.1, -0.05) is 11.6 Å². The van der Waals surface area contributed by atoms with E-state index in [2.05, 4.69) is 9.72 Å². The van der Waals surface area contributed by atoms with Gasteiger partial charge in [0.05, 0.1) is 11.6 Å². The number of aromatic nitrogens is 1. The Morgan fingerprint density at radius 2 is 2.24 bits per heavy atom. The Hall–Kier alpha value is -0.940. The number of esters is 1. The van der Waals surface area contributed by atoms with Crippen molar-refractivity contribution in [2.75, 3.05) is 6.61 Å². The summed E-state index contributed by atoms with van der Waals surface area (Å²) in [6, 6.07) is 1.07. The molecule has 0 unspecified atom stereocenters. The molecule has 1 aromatic rings. The molecule has 0 amide bonds. The fourth-order valence-corrected chi connectivity index (χ4v) is 1.67. The number of carbonyl (C=O) groups is 1. The normalized spacial score (nSPS) is 10.7. The zero-order chi connectivity index (χ0) is 13.0. The second kappa shape index (κ2) is 6.12. The zero-order valence-electron chi connectivity index (χ0n) is 8.84. The van der Waals surface area contributed by atoms with Gasteiger partial charge in [0.1, 0.15) is 5.69 Å². The van der Waals surface area contributed by atoms with Gasteiger partial charge < -0.3 is 4.74 Å². The van der Waals surface area contributed by atoms with Crippen LogP contribution >= 0.6 is 23.2 Å². The second-order valence-electron chi connectivity index (χ2n) is 3.02. The quantitative estimate of drug-likeness (QED) is 0.626. The number of hydrogen-bond acceptors (Lipinski definition) is 3. The highest BCUT2D eigenvalue weighted by Crippen LogP contribution is 2.27. The predicted molar refractivity (Wildman–Crippen MR) is 59.7 cm³/mol. The van der Waals surface area contributed by atoms with Gasteiger partial charge in [0.25, 0.3) is 6.43 Å². The van der Waals surface area contributed by atoms with Gasteiger partial charge >= 0.3 is 5.97 Å². The zero-order valence-corrected chi connectivity index (χ0v) is 10.4. The van der Waals surface area contributed by atoms with Crippen LogP contribution in [0.3, 0.4) is 0 Å². The molecule has 0 radical (unpaired) electrons. The number of pyridine rings is 1. The van der Waals surface area contributed by atoms with Gasteiger partial charge in [0.2, 0.25) is 0 Å². The maximum Gasteiger partial charge on any atom is 0.358 e. The average Bonchev–Trinajstić information content (AvgIpc) is 2.29. The minimum Gasteiger partial charge on any atom is -0.461 e. The smallest absolute Gasteiger partial charge is 0.358 e. The lowest BCUT2D eigenvalue weighted by Crippen LogP contribution is -2.11. The molecule has 1 rings (SSSR count). The molecule has 1 heterocycles. The van der Waals surface area contributed by atoms with Crippen molar-refractivity contribution in [1.29, 1.82) is 0 Å². The largest absolute Gasteiger partial charge is 0.461 e. The van der Waals surface area contributed by atoms with Gasteiger partial charge in [-0.15, -0.1) is 11.6 Å². The maximum absolute atomic E-state index is 12.5. The molecule has 0 aliphatic carbocycles. The van der Waals surface area contributed by atoms with Gasteiger partial charge in [-0.25, -0.2) is 18.6 Å². The van der Waals surface area contributed by atoms with E-state index in [0.717, 1.165) is 6.07 Å². The van der Waals surface area contributed by atoms with Gasteiger partial charge in [-0.3, -0.25) is 0 Å². The summed E-state index contributed by atoms with van der Waals surface area (Å²) >= 11 is 11.4. The summed E-state index contributed by atoms with van der Waals surface area (Å²) in [5.74, 6) is -0.931. The second-order valence-corrected chi connectivity index (χ2v) is 3.67. The van der Waals surface area contributed by atoms with Crippen LogP contribution in [0.15, 0.2) is 6.07 Å². The van der Waals surface area contributed by atoms with E-state index in [1.807, 2.05) is 0 Å². The van der Waals surface area contributed by atoms with Crippen molar-refractivity contribution in [3.8, 4) is 0 Å². The molecule has 0 spiro atoms. The first-order valence-electron chi connectivity index (χ1n) is 4.71. The molecule has 3 nitrogen and oxygen atoms in total. The number of alkyl halides is 3. The van der Waals surface area contributed by atoms with E-state index in [9.17, 15) is 13.6 Å². The van der Waals surface area contributed by atoms with E-state index in [1.54, 1.807) is 6.92 Å². The number of rotatable bonds is 4. The molecule has 0 N–H and O–H groups in total. The molecule has 0 aliphatic rings. The van der Waals surface area contributed by atoms with Crippen molar-refractivity contribution in [3.63, 3.8) is 0 Å². The van der Waals surface area contributed by atoms with Crippen molar-refractivity contribution in [2.45, 2.75) is 19.2 Å². The summed E-state index contributed by atoms with van der Waals surface area (Å²) in [5, 5.41) is -0.0529. The molecule has 17 heavy (non-hydrogen) atoms. The highest BCUT2D eigenvalue weighted by atomic mass is 35.5. The molecule has 0 bridgehead atoms. The molecule has 0 saturated heterocycles. The Bertz CT molecular complexity index is 427. The van der Waals surface area contributed by atoms with Crippen LogP contribution in [-0.2, 0) is 10.6 Å². The minimum absolute atomic E-state index is 0.0529. The van der Waals surface area contributed by atoms with E-state index >= 15 is 0 Å². The summed E-state index contributed by atoms with van der Waals surface area (Å²) in [4.78, 5) is 14.9. The standard InChI is InChI=1S/C10H9Cl2F2NO2/c1-2-17-10(16)8-7(12)5(4-11)3-6(15-8)9(13)14/h3,9H,2,4H2,1H3. The first-order valence-corrected chi connectivity index (χ1v) is 5.63. The van der Waals surface area contributed by atoms with Crippen LogP contribution in [0.2, 0.25) is 5.02 Å². The first kappa shape index (κ1) is 14.1. The Morgan fingerprint density at radius 3 is 2.71 bits per heavy atom. The van der Waals surface area contributed by atoms with E-state index in [-0.39, 0.29) is 28.8 Å². The van der Waals surface area contributed by atoms with E-state index in [0.29, 0.717) is 0 Å². The number of hydrogen-bond donors (Lipinski definition) is 0. The monoisotopic (exact) mass is 283 g/mol. The molecule has 0 aromatic carbocycles. The Balaban J connectivity index is 3.27. The predicted octanol–water partition coefficient (Wildman–Crippen LogP) is 3.59. The van der Waals surface area contributed by atoms with Crippen LogP contribution in [0.1, 0.15) is 35.1 Å². The molecule has 1 aromatic heterocycles. The summed E-state index contributed by atoms with van der Waals surface area (Å²) in [7, 11) is 0. The molecule has 0 atom stereocenters. The third-order valence-corrected chi connectivity index (χ3v) is 2.60. The van der Waals surface area contributed by atoms with Crippen molar-refractivity contribution in [1.82, 2.24) is 4.98 Å². The summed E-state index contributed by atoms with van der Waals surface area (Å²) in [6.45, 7) is 1.69. The number of nitrogens with zero attached hydrogens (tertiary/aromatic N) is 1. The SMILES string of the molecule is CCOC(=O)c1nc(C(F)F)cc(CCl)c1Cl. The fraction of sp³-hybridized carbons (Fsp3) is 0.400. The third kappa shape index (κ3) is 3.26. The van der Waals surface area contributed by atoms with E-state index < -0.39 is 18.1 Å². The fourth-order valence-electron chi connectivity index (χ4n) is 1.15. The summed E-state index contributed by atoms with van der Waals surface area (Å²) < 4.78 is 29.8. The van der Waals surface area contributed by atoms with Crippen molar-refractivity contribution in [3.05, 3.63) is 28.0 Å². The molecular weight excluding hydrogens is 275 g/mol. The lowest BCUT2D eigenvalue weighted by molar-refractivity contribution is 0.0518. The van der Waals surface area contributed by atoms with Gasteiger partial charge in [-0.2, -0.15) is 0 Å². The average molecular weight is 284 g/mol. The van der Waals surface area contributed by atoms with E-state index in [4.69, 9.17) is 23.2 Å². The van der Waals surface area contributed by atoms with Crippen molar-refractivity contribution >= 4 is 29.2 Å². The lowest BCUT2D eigenvalue weighted by Gasteiger charge is -2.09. The number of ether oxygens (including phenoxy) is 1. The summed E-state index contributed by atoms with van der Waals surface area (Å²) in [5.41, 5.74) is -0.656. The van der Waals surface area contributed by atoms with Crippen molar-refractivity contribution in [2.24, 2.45) is 0 Å². The third-order valence-electron chi connectivity index (χ3n) is 1.89. The highest BCUT2D eigenvalue weighted by molar-refractivity contribution is 6.34. The van der Waals surface area contributed by atoms with Crippen LogP contribution < -0.4 is 0 Å². The van der Waals surface area contributed by atoms with Gasteiger partial charge in [-0.05, 0) is 18.6 Å². The Kier molecular flexibility index (Phi) is 5.08.